The molecule has 0 aliphatic heterocycles. The van der Waals surface area contributed by atoms with E-state index in [4.69, 9.17) is 10.8 Å². The molecule has 0 aliphatic rings. The second-order valence-electron chi connectivity index (χ2n) is 4.27. The summed E-state index contributed by atoms with van der Waals surface area (Å²) in [6, 6.07) is 7.53. The van der Waals surface area contributed by atoms with Crippen LogP contribution >= 0.6 is 0 Å². The summed E-state index contributed by atoms with van der Waals surface area (Å²) in [6.45, 7) is -0.217. The number of carboxylic acid groups (broad SMARTS) is 1. The topological polar surface area (TPSA) is 118 Å². The smallest absolute Gasteiger partial charge is 0.328 e. The van der Waals surface area contributed by atoms with E-state index in [1.54, 1.807) is 30.3 Å². The van der Waals surface area contributed by atoms with Crippen molar-refractivity contribution in [2.24, 2.45) is 5.73 Å². The largest absolute Gasteiger partial charge is 0.480 e. The first kappa shape index (κ1) is 13.8. The van der Waals surface area contributed by atoms with E-state index in [0.717, 1.165) is 4.57 Å². The first-order valence-electron chi connectivity index (χ1n) is 5.86. The van der Waals surface area contributed by atoms with Crippen LogP contribution in [0.15, 0.2) is 46.1 Å². The standard InChI is InChI=1S/C13H13N3O4/c14-10(12(18)19)7-16-6-9(11(17)15-13(16)20)8-4-2-1-3-5-8/h1-6,10H,7,14H2,(H,18,19)(H,15,17,20)/t10-/m0/s1. The average molecular weight is 275 g/mol. The van der Waals surface area contributed by atoms with Crippen LogP contribution in [0.2, 0.25) is 0 Å². The van der Waals surface area contributed by atoms with Crippen LogP contribution in [-0.2, 0) is 11.3 Å². The molecule has 2 rings (SSSR count). The van der Waals surface area contributed by atoms with Gasteiger partial charge in [-0.3, -0.25) is 19.1 Å². The number of nitrogens with one attached hydrogen (secondary N) is 1. The van der Waals surface area contributed by atoms with E-state index in [1.165, 1.54) is 6.20 Å². The van der Waals surface area contributed by atoms with Gasteiger partial charge >= 0.3 is 11.7 Å². The number of rotatable bonds is 4. The van der Waals surface area contributed by atoms with E-state index < -0.39 is 23.3 Å². The maximum Gasteiger partial charge on any atom is 0.328 e. The minimum Gasteiger partial charge on any atom is -0.480 e. The number of carbonyl (C=O) groups is 1. The van der Waals surface area contributed by atoms with Crippen molar-refractivity contribution in [3.8, 4) is 11.1 Å². The molecule has 7 heteroatoms. The van der Waals surface area contributed by atoms with Crippen LogP contribution in [0.4, 0.5) is 0 Å². The highest BCUT2D eigenvalue weighted by molar-refractivity contribution is 5.73. The average Bonchev–Trinajstić information content (AvgIpc) is 2.42. The lowest BCUT2D eigenvalue weighted by molar-refractivity contribution is -0.138. The molecular weight excluding hydrogens is 262 g/mol. The number of benzene rings is 1. The van der Waals surface area contributed by atoms with Crippen LogP contribution in [-0.4, -0.2) is 26.7 Å². The van der Waals surface area contributed by atoms with Gasteiger partial charge in [0.05, 0.1) is 12.1 Å². The molecule has 0 bridgehead atoms. The van der Waals surface area contributed by atoms with E-state index in [-0.39, 0.29) is 12.1 Å². The maximum absolute atomic E-state index is 11.8. The van der Waals surface area contributed by atoms with Gasteiger partial charge in [0, 0.05) is 6.20 Å². The van der Waals surface area contributed by atoms with Crippen molar-refractivity contribution in [3.63, 3.8) is 0 Å². The van der Waals surface area contributed by atoms with Crippen molar-refractivity contribution in [1.29, 1.82) is 0 Å². The van der Waals surface area contributed by atoms with Crippen LogP contribution in [0.1, 0.15) is 0 Å². The molecule has 1 aromatic heterocycles. The van der Waals surface area contributed by atoms with Crippen molar-refractivity contribution in [2.75, 3.05) is 0 Å². The van der Waals surface area contributed by atoms with Gasteiger partial charge in [-0.25, -0.2) is 4.79 Å². The Morgan fingerprint density at radius 3 is 2.55 bits per heavy atom. The summed E-state index contributed by atoms with van der Waals surface area (Å²) in [7, 11) is 0. The lowest BCUT2D eigenvalue weighted by atomic mass is 10.1. The van der Waals surface area contributed by atoms with E-state index in [9.17, 15) is 14.4 Å². The molecule has 104 valence electrons. The Labute approximate surface area is 113 Å². The third-order valence-electron chi connectivity index (χ3n) is 2.81. The summed E-state index contributed by atoms with van der Waals surface area (Å²) in [5, 5.41) is 8.76. The molecule has 20 heavy (non-hydrogen) atoms. The molecule has 1 aromatic carbocycles. The number of hydrogen-bond acceptors (Lipinski definition) is 4. The summed E-state index contributed by atoms with van der Waals surface area (Å²) < 4.78 is 1.09. The summed E-state index contributed by atoms with van der Waals surface area (Å²) in [5.41, 5.74) is 5.09. The number of carboxylic acids is 1. The second-order valence-corrected chi connectivity index (χ2v) is 4.27. The number of H-pyrrole nitrogens is 1. The van der Waals surface area contributed by atoms with Crippen molar-refractivity contribution in [3.05, 3.63) is 57.4 Å². The summed E-state index contributed by atoms with van der Waals surface area (Å²) in [5.74, 6) is -1.22. The van der Waals surface area contributed by atoms with Gasteiger partial charge in [-0.15, -0.1) is 0 Å². The van der Waals surface area contributed by atoms with Crippen LogP contribution in [0.5, 0.6) is 0 Å². The zero-order valence-corrected chi connectivity index (χ0v) is 10.4. The quantitative estimate of drug-likeness (QED) is 0.702. The number of hydrogen-bond donors (Lipinski definition) is 3. The molecule has 1 heterocycles. The minimum absolute atomic E-state index is 0.217. The zero-order valence-electron chi connectivity index (χ0n) is 10.4. The Morgan fingerprint density at radius 2 is 1.95 bits per heavy atom. The number of aromatic nitrogens is 2. The number of aliphatic carboxylic acids is 1. The van der Waals surface area contributed by atoms with E-state index >= 15 is 0 Å². The number of nitrogens with zero attached hydrogens (tertiary/aromatic N) is 1. The normalized spacial score (nSPS) is 12.1. The molecule has 0 radical (unpaired) electrons. The molecule has 0 spiro atoms. The Kier molecular flexibility index (Phi) is 3.81. The van der Waals surface area contributed by atoms with E-state index in [2.05, 4.69) is 4.98 Å². The highest BCUT2D eigenvalue weighted by Gasteiger charge is 2.14. The van der Waals surface area contributed by atoms with Gasteiger partial charge in [-0.1, -0.05) is 30.3 Å². The molecule has 0 fully saturated rings. The second kappa shape index (κ2) is 5.54. The summed E-state index contributed by atoms with van der Waals surface area (Å²) in [4.78, 5) is 36.3. The summed E-state index contributed by atoms with van der Waals surface area (Å²) in [6.07, 6.45) is 1.32. The first-order chi connectivity index (χ1) is 9.49. The predicted octanol–water partition coefficient (Wildman–Crippen LogP) is -0.385. The number of nitrogens with two attached hydrogens (primary N) is 1. The molecule has 0 unspecified atom stereocenters. The van der Waals surface area contributed by atoms with Crippen LogP contribution in [0.25, 0.3) is 11.1 Å². The Hall–Kier alpha value is -2.67. The molecule has 4 N–H and O–H groups in total. The highest BCUT2D eigenvalue weighted by Crippen LogP contribution is 2.12. The lowest BCUT2D eigenvalue weighted by Crippen LogP contribution is -2.40. The highest BCUT2D eigenvalue weighted by atomic mass is 16.4. The van der Waals surface area contributed by atoms with Gasteiger partial charge in [-0.2, -0.15) is 0 Å². The van der Waals surface area contributed by atoms with Crippen molar-refractivity contribution in [2.45, 2.75) is 12.6 Å². The third kappa shape index (κ3) is 2.83. The fraction of sp³-hybridized carbons (Fsp3) is 0.154. The first-order valence-corrected chi connectivity index (χ1v) is 5.86. The van der Waals surface area contributed by atoms with Gasteiger partial charge in [-0.05, 0) is 5.56 Å². The van der Waals surface area contributed by atoms with Gasteiger partial charge in [0.1, 0.15) is 6.04 Å². The molecular formula is C13H13N3O4. The van der Waals surface area contributed by atoms with E-state index in [1.807, 2.05) is 0 Å². The third-order valence-corrected chi connectivity index (χ3v) is 2.81. The minimum atomic E-state index is -1.22. The van der Waals surface area contributed by atoms with Crippen molar-refractivity contribution < 1.29 is 9.90 Å². The monoisotopic (exact) mass is 275 g/mol. The maximum atomic E-state index is 11.8. The Balaban J connectivity index is 2.48. The molecule has 7 nitrogen and oxygen atoms in total. The van der Waals surface area contributed by atoms with Gasteiger partial charge in [0.15, 0.2) is 0 Å². The van der Waals surface area contributed by atoms with Crippen LogP contribution < -0.4 is 17.0 Å². The van der Waals surface area contributed by atoms with Crippen LogP contribution in [0.3, 0.4) is 0 Å². The fourth-order valence-corrected chi connectivity index (χ4v) is 1.76. The van der Waals surface area contributed by atoms with Gasteiger partial charge < -0.3 is 10.8 Å². The summed E-state index contributed by atoms with van der Waals surface area (Å²) >= 11 is 0. The van der Waals surface area contributed by atoms with Crippen LogP contribution in [0, 0.1) is 0 Å². The SMILES string of the molecule is N[C@@H](Cn1cc(-c2ccccc2)c(=O)[nH]c1=O)C(=O)O. The van der Waals surface area contributed by atoms with Gasteiger partial charge in [0.2, 0.25) is 0 Å². The Morgan fingerprint density at radius 1 is 1.30 bits per heavy atom. The fourth-order valence-electron chi connectivity index (χ4n) is 1.76. The molecule has 0 amide bonds. The molecule has 0 aliphatic carbocycles. The molecule has 0 saturated heterocycles. The van der Waals surface area contributed by atoms with Crippen molar-refractivity contribution >= 4 is 5.97 Å². The number of aromatic amines is 1. The van der Waals surface area contributed by atoms with E-state index in [0.29, 0.717) is 5.56 Å². The van der Waals surface area contributed by atoms with Gasteiger partial charge in [0.25, 0.3) is 5.56 Å². The molecule has 0 saturated carbocycles. The molecule has 2 aromatic rings. The zero-order chi connectivity index (χ0) is 14.7. The van der Waals surface area contributed by atoms with Crippen molar-refractivity contribution in [1.82, 2.24) is 9.55 Å². The molecule has 1 atom stereocenters. The lowest BCUT2D eigenvalue weighted by Gasteiger charge is -2.10. The predicted molar refractivity (Wildman–Crippen MR) is 72.4 cm³/mol. The Bertz CT molecular complexity index is 733.